The summed E-state index contributed by atoms with van der Waals surface area (Å²) in [4.78, 5) is 14.0. The predicted octanol–water partition coefficient (Wildman–Crippen LogP) is 6.71. The number of anilines is 2. The minimum atomic E-state index is -4.31. The molecule has 1 heterocycles. The van der Waals surface area contributed by atoms with Crippen LogP contribution in [-0.2, 0) is 34.8 Å². The van der Waals surface area contributed by atoms with E-state index >= 15 is 0 Å². The Balaban J connectivity index is 2.08. The Kier molecular flexibility index (Phi) is 9.26. The van der Waals surface area contributed by atoms with Crippen LogP contribution in [0.25, 0.3) is 0 Å². The topological polar surface area (TPSA) is 102 Å². The summed E-state index contributed by atoms with van der Waals surface area (Å²) in [5.41, 5.74) is 0.901. The summed E-state index contributed by atoms with van der Waals surface area (Å²) in [6.07, 6.45) is -0.585. The number of benzene rings is 2. The number of rotatable bonds is 9. The van der Waals surface area contributed by atoms with Crippen LogP contribution < -0.4 is 9.21 Å². The van der Waals surface area contributed by atoms with Crippen LogP contribution in [0.1, 0.15) is 40.2 Å². The lowest BCUT2D eigenvalue weighted by molar-refractivity contribution is 0.0584. The fourth-order valence-electron chi connectivity index (χ4n) is 3.82. The Morgan fingerprint density at radius 1 is 1.05 bits per heavy atom. The monoisotopic (exact) mass is 592 g/mol. The van der Waals surface area contributed by atoms with Gasteiger partial charge in [0.25, 0.3) is 10.0 Å². The van der Waals surface area contributed by atoms with E-state index in [1.807, 2.05) is 0 Å². The molecule has 0 saturated heterocycles. The standard InChI is InChI=1S/C24H31Cl2N2O7PS/c1-6-33-36(30,34-7-2)16-28(37(31,32)21-14-18(25)13-19(26)15-21)20-8-9-22-17(12-20)10-11-27(22)23(29)35-24(3,4)5/h8-9,12-15H,6-7,10-11,16H2,1-5H3. The molecule has 0 spiro atoms. The molecule has 0 bridgehead atoms. The van der Waals surface area contributed by atoms with Gasteiger partial charge in [0, 0.05) is 16.6 Å². The Morgan fingerprint density at radius 3 is 2.19 bits per heavy atom. The van der Waals surface area contributed by atoms with Crippen LogP contribution in [0.15, 0.2) is 41.3 Å². The number of carbonyl (C=O) groups is 1. The summed E-state index contributed by atoms with van der Waals surface area (Å²) in [6.45, 7) is 9.12. The molecule has 3 rings (SSSR count). The van der Waals surface area contributed by atoms with Gasteiger partial charge in [-0.15, -0.1) is 0 Å². The Bertz CT molecular complexity index is 1280. The molecule has 0 unspecified atom stereocenters. The second-order valence-corrected chi connectivity index (χ2v) is 14.0. The fraction of sp³-hybridized carbons (Fsp3) is 0.458. The average Bonchev–Trinajstić information content (AvgIpc) is 3.19. The molecule has 0 saturated carbocycles. The van der Waals surface area contributed by atoms with Crippen molar-refractivity contribution in [2.24, 2.45) is 0 Å². The lowest BCUT2D eigenvalue weighted by Gasteiger charge is -2.29. The van der Waals surface area contributed by atoms with Crippen molar-refractivity contribution in [1.29, 1.82) is 0 Å². The highest BCUT2D eigenvalue weighted by molar-refractivity contribution is 7.93. The van der Waals surface area contributed by atoms with Gasteiger partial charge < -0.3 is 13.8 Å². The fourth-order valence-corrected chi connectivity index (χ4v) is 8.21. The van der Waals surface area contributed by atoms with Gasteiger partial charge in [0.1, 0.15) is 11.9 Å². The van der Waals surface area contributed by atoms with Crippen LogP contribution in [0.4, 0.5) is 16.2 Å². The van der Waals surface area contributed by atoms with E-state index in [0.717, 1.165) is 9.87 Å². The molecule has 0 atom stereocenters. The van der Waals surface area contributed by atoms with Crippen LogP contribution in [0.5, 0.6) is 0 Å². The summed E-state index contributed by atoms with van der Waals surface area (Å²) in [5, 5.41) is 0.261. The maximum absolute atomic E-state index is 13.8. The van der Waals surface area contributed by atoms with E-state index in [0.29, 0.717) is 18.7 Å². The zero-order valence-corrected chi connectivity index (χ0v) is 24.6. The van der Waals surface area contributed by atoms with Crippen molar-refractivity contribution in [1.82, 2.24) is 0 Å². The summed E-state index contributed by atoms with van der Waals surface area (Å²) in [5.74, 6) is 0. The van der Waals surface area contributed by atoms with Crippen LogP contribution in [-0.4, -0.2) is 46.2 Å². The average molecular weight is 593 g/mol. The summed E-state index contributed by atoms with van der Waals surface area (Å²) >= 11 is 12.2. The molecule has 0 aliphatic carbocycles. The van der Waals surface area contributed by atoms with Crippen LogP contribution in [0.3, 0.4) is 0 Å². The predicted molar refractivity (Wildman–Crippen MR) is 146 cm³/mol. The Hall–Kier alpha value is -1.81. The number of sulfonamides is 1. The number of amides is 1. The highest BCUT2D eigenvalue weighted by Gasteiger charge is 2.37. The lowest BCUT2D eigenvalue weighted by Crippen LogP contribution is -2.35. The second-order valence-electron chi connectivity index (χ2n) is 9.24. The van der Waals surface area contributed by atoms with Crippen molar-refractivity contribution in [3.8, 4) is 0 Å². The molecule has 0 radical (unpaired) electrons. The van der Waals surface area contributed by atoms with Gasteiger partial charge >= 0.3 is 13.7 Å². The van der Waals surface area contributed by atoms with Gasteiger partial charge in [-0.05, 0) is 83.0 Å². The van der Waals surface area contributed by atoms with Gasteiger partial charge in [-0.3, -0.25) is 13.8 Å². The number of hydrogen-bond donors (Lipinski definition) is 0. The van der Waals surface area contributed by atoms with E-state index < -0.39 is 35.6 Å². The summed E-state index contributed by atoms with van der Waals surface area (Å²) in [6, 6.07) is 8.76. The Labute approximate surface area is 228 Å². The number of hydrogen-bond acceptors (Lipinski definition) is 7. The van der Waals surface area contributed by atoms with Gasteiger partial charge in [0.15, 0.2) is 0 Å². The van der Waals surface area contributed by atoms with Crippen molar-refractivity contribution in [3.05, 3.63) is 52.0 Å². The Morgan fingerprint density at radius 2 is 1.65 bits per heavy atom. The van der Waals surface area contributed by atoms with Gasteiger partial charge in [-0.2, -0.15) is 0 Å². The first kappa shape index (κ1) is 29.7. The van der Waals surface area contributed by atoms with Gasteiger partial charge in [-0.1, -0.05) is 23.2 Å². The first-order chi connectivity index (χ1) is 17.2. The molecular weight excluding hydrogens is 562 g/mol. The van der Waals surface area contributed by atoms with E-state index in [2.05, 4.69) is 0 Å². The molecule has 0 N–H and O–H groups in total. The zero-order valence-electron chi connectivity index (χ0n) is 21.4. The molecule has 37 heavy (non-hydrogen) atoms. The van der Waals surface area contributed by atoms with Crippen LogP contribution >= 0.6 is 30.8 Å². The van der Waals surface area contributed by atoms with E-state index in [-0.39, 0.29) is 33.8 Å². The van der Waals surface area contributed by atoms with Crippen molar-refractivity contribution in [2.75, 3.05) is 35.2 Å². The summed E-state index contributed by atoms with van der Waals surface area (Å²) < 4.78 is 58.4. The first-order valence-corrected chi connectivity index (χ1v) is 15.6. The van der Waals surface area contributed by atoms with E-state index in [1.54, 1.807) is 46.8 Å². The third-order valence-corrected chi connectivity index (χ3v) is 9.55. The molecule has 1 amide bonds. The molecule has 1 aliphatic rings. The molecule has 2 aromatic rings. The van der Waals surface area contributed by atoms with Crippen molar-refractivity contribution >= 4 is 58.3 Å². The van der Waals surface area contributed by atoms with Gasteiger partial charge in [0.05, 0.1) is 29.5 Å². The first-order valence-electron chi connectivity index (χ1n) is 11.7. The molecule has 2 aromatic carbocycles. The quantitative estimate of drug-likeness (QED) is 0.298. The van der Waals surface area contributed by atoms with Crippen molar-refractivity contribution in [2.45, 2.75) is 51.5 Å². The molecule has 13 heteroatoms. The molecule has 9 nitrogen and oxygen atoms in total. The molecule has 1 aliphatic heterocycles. The SMILES string of the molecule is CCOP(=O)(CN(c1ccc2c(c1)CCN2C(=O)OC(C)(C)C)S(=O)(=O)c1cc(Cl)cc(Cl)c1)OCC. The molecule has 204 valence electrons. The van der Waals surface area contributed by atoms with Crippen LogP contribution in [0, 0.1) is 0 Å². The molecular formula is C24H31Cl2N2O7PS. The molecule has 0 fully saturated rings. The summed E-state index contributed by atoms with van der Waals surface area (Å²) in [7, 11) is -8.17. The van der Waals surface area contributed by atoms with Gasteiger partial charge in [0.2, 0.25) is 0 Å². The normalized spacial score (nSPS) is 14.0. The number of ether oxygens (including phenoxy) is 1. The maximum atomic E-state index is 13.8. The maximum Gasteiger partial charge on any atom is 0.414 e. The zero-order chi connectivity index (χ0) is 27.6. The lowest BCUT2D eigenvalue weighted by atomic mass is 10.1. The minimum Gasteiger partial charge on any atom is -0.443 e. The number of fused-ring (bicyclic) bond motifs is 1. The number of nitrogens with zero attached hydrogens (tertiary/aromatic N) is 2. The van der Waals surface area contributed by atoms with Crippen molar-refractivity contribution in [3.63, 3.8) is 0 Å². The van der Waals surface area contributed by atoms with Crippen LogP contribution in [0.2, 0.25) is 10.0 Å². The molecule has 0 aromatic heterocycles. The van der Waals surface area contributed by atoms with E-state index in [1.165, 1.54) is 29.2 Å². The van der Waals surface area contributed by atoms with Gasteiger partial charge in [-0.25, -0.2) is 13.2 Å². The van der Waals surface area contributed by atoms with E-state index in [9.17, 15) is 17.8 Å². The van der Waals surface area contributed by atoms with Crippen molar-refractivity contribution < 1.29 is 31.6 Å². The smallest absolute Gasteiger partial charge is 0.414 e. The highest BCUT2D eigenvalue weighted by atomic mass is 35.5. The third-order valence-electron chi connectivity index (χ3n) is 5.24. The largest absolute Gasteiger partial charge is 0.443 e. The third kappa shape index (κ3) is 7.19. The van der Waals surface area contributed by atoms with E-state index in [4.69, 9.17) is 37.0 Å². The highest BCUT2D eigenvalue weighted by Crippen LogP contribution is 2.50. The minimum absolute atomic E-state index is 0.0587. The number of halogens is 2. The number of carbonyl (C=O) groups excluding carboxylic acids is 1. The second kappa shape index (κ2) is 11.5.